The van der Waals surface area contributed by atoms with Gasteiger partial charge in [0.05, 0.1) is 5.56 Å². The van der Waals surface area contributed by atoms with Gasteiger partial charge in [0.25, 0.3) is 0 Å². The summed E-state index contributed by atoms with van der Waals surface area (Å²) < 4.78 is 28.4. The third-order valence-corrected chi connectivity index (χ3v) is 2.38. The largest absolute Gasteiger partial charge is 0.507 e. The second-order valence-electron chi connectivity index (χ2n) is 3.62. The second-order valence-corrected chi connectivity index (χ2v) is 3.62. The lowest BCUT2D eigenvalue weighted by atomic mass is 10.0. The van der Waals surface area contributed by atoms with Gasteiger partial charge in [-0.15, -0.1) is 0 Å². The maximum Gasteiger partial charge on any atom is 0.387 e. The molecule has 4 nitrogen and oxygen atoms in total. The van der Waals surface area contributed by atoms with E-state index in [0.29, 0.717) is 5.56 Å². The molecule has 0 unspecified atom stereocenters. The van der Waals surface area contributed by atoms with Crippen LogP contribution in [0, 0.1) is 0 Å². The highest BCUT2D eigenvalue weighted by atomic mass is 19.3. The third-order valence-electron chi connectivity index (χ3n) is 2.38. The van der Waals surface area contributed by atoms with Gasteiger partial charge in [-0.3, -0.25) is 9.78 Å². The summed E-state index contributed by atoms with van der Waals surface area (Å²) in [6.45, 7) is -2.99. The van der Waals surface area contributed by atoms with E-state index in [4.69, 9.17) is 0 Å². The van der Waals surface area contributed by atoms with Gasteiger partial charge in [0.2, 0.25) is 0 Å². The number of carbonyl (C=O) groups excluding carboxylic acids is 1. The van der Waals surface area contributed by atoms with Crippen LogP contribution in [0.2, 0.25) is 0 Å². The zero-order chi connectivity index (χ0) is 13.8. The number of hydrogen-bond donors (Lipinski definition) is 1. The van der Waals surface area contributed by atoms with Crippen LogP contribution in [-0.4, -0.2) is 22.5 Å². The highest BCUT2D eigenvalue weighted by molar-refractivity contribution is 6.10. The first-order valence-corrected chi connectivity index (χ1v) is 5.30. The maximum atomic E-state index is 12.1. The lowest BCUT2D eigenvalue weighted by molar-refractivity contribution is -0.0499. The van der Waals surface area contributed by atoms with Crippen molar-refractivity contribution in [2.24, 2.45) is 0 Å². The molecule has 0 aliphatic carbocycles. The van der Waals surface area contributed by atoms with Gasteiger partial charge in [0.1, 0.15) is 11.5 Å². The third kappa shape index (κ3) is 3.04. The van der Waals surface area contributed by atoms with Crippen LogP contribution < -0.4 is 4.74 Å². The molecule has 19 heavy (non-hydrogen) atoms. The van der Waals surface area contributed by atoms with Gasteiger partial charge >= 0.3 is 6.61 Å². The first-order chi connectivity index (χ1) is 9.08. The molecule has 0 saturated heterocycles. The normalized spacial score (nSPS) is 10.5. The Kier molecular flexibility index (Phi) is 3.70. The van der Waals surface area contributed by atoms with E-state index in [1.807, 2.05) is 0 Å². The fourth-order valence-electron chi connectivity index (χ4n) is 1.53. The Hall–Kier alpha value is -2.50. The van der Waals surface area contributed by atoms with Crippen molar-refractivity contribution >= 4 is 5.78 Å². The van der Waals surface area contributed by atoms with Gasteiger partial charge < -0.3 is 9.84 Å². The molecule has 0 saturated carbocycles. The van der Waals surface area contributed by atoms with Gasteiger partial charge in [0, 0.05) is 18.0 Å². The number of benzene rings is 1. The minimum absolute atomic E-state index is 0.107. The number of aromatic nitrogens is 1. The van der Waals surface area contributed by atoms with Crippen molar-refractivity contribution in [2.75, 3.05) is 0 Å². The monoisotopic (exact) mass is 265 g/mol. The Bertz CT molecular complexity index is 588. The van der Waals surface area contributed by atoms with Gasteiger partial charge in [-0.2, -0.15) is 8.78 Å². The van der Waals surface area contributed by atoms with E-state index in [1.54, 1.807) is 0 Å². The first kappa shape index (κ1) is 12.9. The molecule has 1 aromatic carbocycles. The van der Waals surface area contributed by atoms with E-state index in [0.717, 1.165) is 18.2 Å². The van der Waals surface area contributed by atoms with Crippen molar-refractivity contribution in [2.45, 2.75) is 6.61 Å². The van der Waals surface area contributed by atoms with Crippen molar-refractivity contribution in [1.29, 1.82) is 0 Å². The number of alkyl halides is 2. The zero-order valence-corrected chi connectivity index (χ0v) is 9.59. The van der Waals surface area contributed by atoms with Crippen molar-refractivity contribution in [3.05, 3.63) is 53.9 Å². The Morgan fingerprint density at radius 2 is 1.89 bits per heavy atom. The molecular formula is C13H9F2NO3. The van der Waals surface area contributed by atoms with Crippen LogP contribution in [0.25, 0.3) is 0 Å². The summed E-state index contributed by atoms with van der Waals surface area (Å²) in [7, 11) is 0. The second kappa shape index (κ2) is 5.43. The quantitative estimate of drug-likeness (QED) is 0.863. The average Bonchev–Trinajstić information content (AvgIpc) is 2.40. The Morgan fingerprint density at radius 3 is 2.53 bits per heavy atom. The number of nitrogens with zero attached hydrogens (tertiary/aromatic N) is 1. The number of ether oxygens (including phenoxy) is 1. The van der Waals surface area contributed by atoms with E-state index >= 15 is 0 Å². The molecule has 0 amide bonds. The number of ketones is 1. The van der Waals surface area contributed by atoms with E-state index in [1.165, 1.54) is 24.5 Å². The summed E-state index contributed by atoms with van der Waals surface area (Å²) in [5.41, 5.74) is 0.184. The molecule has 0 spiro atoms. The van der Waals surface area contributed by atoms with E-state index in [2.05, 4.69) is 9.72 Å². The molecule has 1 aromatic heterocycles. The Labute approximate surface area is 107 Å². The van der Waals surface area contributed by atoms with Gasteiger partial charge in [0.15, 0.2) is 5.78 Å². The molecule has 0 aliphatic rings. The minimum atomic E-state index is -2.99. The highest BCUT2D eigenvalue weighted by Crippen LogP contribution is 2.26. The van der Waals surface area contributed by atoms with Crippen molar-refractivity contribution in [1.82, 2.24) is 4.98 Å². The Morgan fingerprint density at radius 1 is 1.21 bits per heavy atom. The molecule has 2 rings (SSSR count). The minimum Gasteiger partial charge on any atom is -0.507 e. The molecular weight excluding hydrogens is 256 g/mol. The highest BCUT2D eigenvalue weighted by Gasteiger charge is 2.15. The van der Waals surface area contributed by atoms with Crippen LogP contribution in [0.3, 0.4) is 0 Å². The van der Waals surface area contributed by atoms with Crippen LogP contribution in [0.4, 0.5) is 8.78 Å². The van der Waals surface area contributed by atoms with Gasteiger partial charge in [-0.1, -0.05) is 0 Å². The lowest BCUT2D eigenvalue weighted by Crippen LogP contribution is -2.05. The number of phenolic OH excluding ortho intramolecular Hbond substituents is 1. The first-order valence-electron chi connectivity index (χ1n) is 5.30. The fourth-order valence-corrected chi connectivity index (χ4v) is 1.53. The summed E-state index contributed by atoms with van der Waals surface area (Å²) in [6, 6.07) is 6.28. The average molecular weight is 265 g/mol. The van der Waals surface area contributed by atoms with Crippen molar-refractivity contribution in [3.8, 4) is 11.5 Å². The summed E-state index contributed by atoms with van der Waals surface area (Å²) in [4.78, 5) is 15.8. The van der Waals surface area contributed by atoms with E-state index in [-0.39, 0.29) is 17.1 Å². The molecule has 0 atom stereocenters. The Balaban J connectivity index is 2.36. The van der Waals surface area contributed by atoms with Crippen molar-refractivity contribution < 1.29 is 23.4 Å². The molecule has 0 aliphatic heterocycles. The fraction of sp³-hybridized carbons (Fsp3) is 0.0769. The number of aromatic hydroxyl groups is 1. The summed E-state index contributed by atoms with van der Waals surface area (Å²) in [6.07, 6.45) is 2.84. The van der Waals surface area contributed by atoms with Crippen LogP contribution >= 0.6 is 0 Å². The SMILES string of the molecule is O=C(c1ccncc1)c1cc(OC(F)F)ccc1O. The van der Waals surface area contributed by atoms with Crippen LogP contribution in [-0.2, 0) is 0 Å². The van der Waals surface area contributed by atoms with Crippen molar-refractivity contribution in [3.63, 3.8) is 0 Å². The summed E-state index contributed by atoms with van der Waals surface area (Å²) in [5, 5.41) is 9.62. The summed E-state index contributed by atoms with van der Waals surface area (Å²) >= 11 is 0. The molecule has 0 bridgehead atoms. The smallest absolute Gasteiger partial charge is 0.387 e. The van der Waals surface area contributed by atoms with E-state index in [9.17, 15) is 18.7 Å². The van der Waals surface area contributed by atoms with Crippen LogP contribution in [0.15, 0.2) is 42.7 Å². The number of phenols is 1. The predicted octanol–water partition coefficient (Wildman–Crippen LogP) is 2.62. The van der Waals surface area contributed by atoms with Gasteiger partial charge in [-0.25, -0.2) is 0 Å². The molecule has 98 valence electrons. The maximum absolute atomic E-state index is 12.1. The topological polar surface area (TPSA) is 59.4 Å². The molecule has 1 N–H and O–H groups in total. The van der Waals surface area contributed by atoms with Gasteiger partial charge in [-0.05, 0) is 30.3 Å². The number of rotatable bonds is 4. The van der Waals surface area contributed by atoms with Crippen LogP contribution in [0.5, 0.6) is 11.5 Å². The standard InChI is InChI=1S/C13H9F2NO3/c14-13(15)19-9-1-2-11(17)10(7-9)12(18)8-3-5-16-6-4-8/h1-7,13,17H. The predicted molar refractivity (Wildman–Crippen MR) is 62.4 cm³/mol. The molecule has 6 heteroatoms. The number of halogens is 2. The summed E-state index contributed by atoms with van der Waals surface area (Å²) in [5.74, 6) is -0.992. The van der Waals surface area contributed by atoms with E-state index < -0.39 is 12.4 Å². The number of carbonyl (C=O) groups is 1. The lowest BCUT2D eigenvalue weighted by Gasteiger charge is -2.08. The van der Waals surface area contributed by atoms with Crippen LogP contribution in [0.1, 0.15) is 15.9 Å². The zero-order valence-electron chi connectivity index (χ0n) is 9.59. The molecule has 1 heterocycles. The number of pyridine rings is 1. The molecule has 0 radical (unpaired) electrons. The number of hydrogen-bond acceptors (Lipinski definition) is 4. The molecule has 2 aromatic rings. The molecule has 0 fully saturated rings.